The number of hydrogen-bond donors (Lipinski definition) is 1. The summed E-state index contributed by atoms with van der Waals surface area (Å²) in [7, 11) is 2.09. The van der Waals surface area contributed by atoms with Gasteiger partial charge in [0.2, 0.25) is 0 Å². The van der Waals surface area contributed by atoms with E-state index >= 15 is 0 Å². The van der Waals surface area contributed by atoms with Gasteiger partial charge in [0.1, 0.15) is 5.65 Å². The Morgan fingerprint density at radius 3 is 2.59 bits per heavy atom. The quantitative estimate of drug-likeness (QED) is 0.213. The number of pyridine rings is 2. The molecule has 4 aromatic heterocycles. The number of amides is 1. The highest BCUT2D eigenvalue weighted by atomic mass is 32.2. The molecule has 1 saturated heterocycles. The molecular weight excluding hydrogens is 551 g/mol. The number of aromatic amines is 1. The van der Waals surface area contributed by atoms with Crippen LogP contribution in [0, 0.1) is 0 Å². The van der Waals surface area contributed by atoms with Gasteiger partial charge in [0.25, 0.3) is 5.91 Å². The molecule has 41 heavy (non-hydrogen) atoms. The van der Waals surface area contributed by atoms with Crippen LogP contribution in [0.4, 0.5) is 5.69 Å². The van der Waals surface area contributed by atoms with E-state index in [-0.39, 0.29) is 5.91 Å². The summed E-state index contributed by atoms with van der Waals surface area (Å²) in [6.45, 7) is 2.41. The first kappa shape index (κ1) is 25.8. The average molecular weight is 578 g/mol. The molecule has 7 rings (SSSR count). The summed E-state index contributed by atoms with van der Waals surface area (Å²) >= 11 is 3.41. The number of nitrogens with zero attached hydrogens (tertiary/aromatic N) is 4. The average Bonchev–Trinajstić information content (AvgIpc) is 3.68. The summed E-state index contributed by atoms with van der Waals surface area (Å²) in [5.41, 5.74) is 7.79. The number of ether oxygens (including phenoxy) is 1. The Morgan fingerprint density at radius 1 is 1.02 bits per heavy atom. The minimum Gasteiger partial charge on any atom is -0.378 e. The SMILES string of the molecule is CN(Sc1ccsc1)c1ccc2[nH]c3ncc(-c4ccc(C(=O)N5CCOCC5)cc4)c(-c4ccncc4)c3c2c1. The zero-order valence-corrected chi connectivity index (χ0v) is 24.0. The van der Waals surface area contributed by atoms with Crippen molar-refractivity contribution < 1.29 is 9.53 Å². The van der Waals surface area contributed by atoms with Crippen molar-refractivity contribution in [3.8, 4) is 22.3 Å². The number of thiophene rings is 1. The van der Waals surface area contributed by atoms with Crippen molar-refractivity contribution in [2.75, 3.05) is 37.7 Å². The Hall–Kier alpha value is -4.18. The van der Waals surface area contributed by atoms with E-state index in [9.17, 15) is 4.79 Å². The van der Waals surface area contributed by atoms with Gasteiger partial charge in [0.05, 0.1) is 13.2 Å². The highest BCUT2D eigenvalue weighted by Gasteiger charge is 2.21. The van der Waals surface area contributed by atoms with Gasteiger partial charge in [-0.25, -0.2) is 4.98 Å². The molecule has 1 aliphatic heterocycles. The number of benzene rings is 2. The highest BCUT2D eigenvalue weighted by Crippen LogP contribution is 2.42. The Kier molecular flexibility index (Phi) is 6.92. The normalized spacial score (nSPS) is 13.6. The molecule has 2 aromatic carbocycles. The molecular formula is C32H27N5O2S2. The molecule has 6 aromatic rings. The summed E-state index contributed by atoms with van der Waals surface area (Å²) < 4.78 is 7.60. The van der Waals surface area contributed by atoms with Crippen molar-refractivity contribution in [3.05, 3.63) is 95.6 Å². The van der Waals surface area contributed by atoms with E-state index in [1.165, 1.54) is 4.90 Å². The van der Waals surface area contributed by atoms with E-state index in [1.807, 2.05) is 59.9 Å². The van der Waals surface area contributed by atoms with Crippen molar-refractivity contribution >= 4 is 56.8 Å². The third-order valence-corrected chi connectivity index (χ3v) is 9.20. The van der Waals surface area contributed by atoms with Crippen LogP contribution in [-0.2, 0) is 4.74 Å². The van der Waals surface area contributed by atoms with E-state index in [4.69, 9.17) is 9.72 Å². The van der Waals surface area contributed by atoms with Gasteiger partial charge in [-0.1, -0.05) is 12.1 Å². The second-order valence-corrected chi connectivity index (χ2v) is 11.9. The molecule has 1 aliphatic rings. The summed E-state index contributed by atoms with van der Waals surface area (Å²) in [4.78, 5) is 28.8. The third-order valence-electron chi connectivity index (χ3n) is 7.42. The first-order valence-corrected chi connectivity index (χ1v) is 15.1. The van der Waals surface area contributed by atoms with E-state index < -0.39 is 0 Å². The lowest BCUT2D eigenvalue weighted by atomic mass is 9.92. The minimum absolute atomic E-state index is 0.0383. The molecule has 1 amide bonds. The maximum absolute atomic E-state index is 13.1. The van der Waals surface area contributed by atoms with Crippen molar-refractivity contribution in [2.45, 2.75) is 4.90 Å². The smallest absolute Gasteiger partial charge is 0.254 e. The maximum Gasteiger partial charge on any atom is 0.254 e. The molecule has 1 fully saturated rings. The molecule has 1 N–H and O–H groups in total. The van der Waals surface area contributed by atoms with E-state index in [1.54, 1.807) is 23.3 Å². The number of anilines is 1. The van der Waals surface area contributed by atoms with Gasteiger partial charge in [-0.15, -0.1) is 0 Å². The van der Waals surface area contributed by atoms with Crippen molar-refractivity contribution in [1.29, 1.82) is 0 Å². The number of H-pyrrole nitrogens is 1. The van der Waals surface area contributed by atoms with Crippen LogP contribution in [0.3, 0.4) is 0 Å². The third kappa shape index (κ3) is 4.97. The van der Waals surface area contributed by atoms with Crippen LogP contribution in [0.25, 0.3) is 44.2 Å². The number of rotatable bonds is 6. The molecule has 7 nitrogen and oxygen atoms in total. The first-order chi connectivity index (χ1) is 20.2. The van der Waals surface area contributed by atoms with Crippen molar-refractivity contribution in [3.63, 3.8) is 0 Å². The molecule has 0 bridgehead atoms. The van der Waals surface area contributed by atoms with Crippen LogP contribution in [0.2, 0.25) is 0 Å². The number of morpholine rings is 1. The zero-order valence-electron chi connectivity index (χ0n) is 22.4. The van der Waals surface area contributed by atoms with Crippen LogP contribution in [0.5, 0.6) is 0 Å². The Balaban J connectivity index is 1.34. The summed E-state index contributed by atoms with van der Waals surface area (Å²) in [5.74, 6) is 0.0383. The van der Waals surface area contributed by atoms with Crippen molar-refractivity contribution in [2.24, 2.45) is 0 Å². The van der Waals surface area contributed by atoms with Crippen LogP contribution in [-0.4, -0.2) is 59.1 Å². The fourth-order valence-corrected chi connectivity index (χ4v) is 6.94. The molecule has 0 saturated carbocycles. The predicted octanol–water partition coefficient (Wildman–Crippen LogP) is 7.12. The molecule has 0 atom stereocenters. The fourth-order valence-electron chi connectivity index (χ4n) is 5.33. The molecule has 204 valence electrons. The van der Waals surface area contributed by atoms with Crippen LogP contribution in [0.1, 0.15) is 10.4 Å². The standard InChI is InChI=1S/C32H27N5O2S2/c1-36(41-25-10-17-40-20-25)24-6-7-28-26(18-24)30-29(22-8-11-33-12-9-22)27(19-34-31(30)35-28)21-2-4-23(5-3-21)32(38)37-13-15-39-16-14-37/h2-12,17-20H,13-16H2,1H3,(H,34,35). The summed E-state index contributed by atoms with van der Waals surface area (Å²) in [6, 6.07) is 20.6. The summed E-state index contributed by atoms with van der Waals surface area (Å²) in [6.07, 6.45) is 5.56. The number of carbonyl (C=O) groups is 1. The fraction of sp³-hybridized carbons (Fsp3) is 0.156. The monoisotopic (exact) mass is 577 g/mol. The first-order valence-electron chi connectivity index (χ1n) is 13.4. The topological polar surface area (TPSA) is 74.4 Å². The second kappa shape index (κ2) is 11.0. The molecule has 0 aliphatic carbocycles. The molecule has 0 unspecified atom stereocenters. The summed E-state index contributed by atoms with van der Waals surface area (Å²) in [5, 5.41) is 6.42. The number of carbonyl (C=O) groups excluding carboxylic acids is 1. The van der Waals surface area contributed by atoms with E-state index in [2.05, 4.69) is 56.3 Å². The van der Waals surface area contributed by atoms with E-state index in [0.717, 1.165) is 49.9 Å². The van der Waals surface area contributed by atoms with Gasteiger partial charge in [-0.2, -0.15) is 11.3 Å². The Morgan fingerprint density at radius 2 is 1.83 bits per heavy atom. The van der Waals surface area contributed by atoms with E-state index in [0.29, 0.717) is 31.9 Å². The lowest BCUT2D eigenvalue weighted by Gasteiger charge is -2.26. The largest absolute Gasteiger partial charge is 0.378 e. The lowest BCUT2D eigenvalue weighted by Crippen LogP contribution is -2.40. The van der Waals surface area contributed by atoms with Gasteiger partial charge in [0, 0.05) is 87.7 Å². The van der Waals surface area contributed by atoms with Crippen LogP contribution in [0.15, 0.2) is 94.9 Å². The Bertz CT molecular complexity index is 1830. The second-order valence-electron chi connectivity index (χ2n) is 9.89. The van der Waals surface area contributed by atoms with Crippen molar-refractivity contribution in [1.82, 2.24) is 19.9 Å². The van der Waals surface area contributed by atoms with Gasteiger partial charge < -0.3 is 18.9 Å². The number of nitrogens with one attached hydrogen (secondary N) is 1. The van der Waals surface area contributed by atoms with Crippen LogP contribution < -0.4 is 4.31 Å². The number of fused-ring (bicyclic) bond motifs is 3. The van der Waals surface area contributed by atoms with Gasteiger partial charge >= 0.3 is 0 Å². The van der Waals surface area contributed by atoms with Gasteiger partial charge in [-0.3, -0.25) is 9.78 Å². The zero-order chi connectivity index (χ0) is 27.8. The number of aromatic nitrogens is 3. The van der Waals surface area contributed by atoms with Gasteiger partial charge in [-0.05, 0) is 77.0 Å². The van der Waals surface area contributed by atoms with Crippen LogP contribution >= 0.6 is 23.3 Å². The van der Waals surface area contributed by atoms with Gasteiger partial charge in [0.15, 0.2) is 0 Å². The predicted molar refractivity (Wildman–Crippen MR) is 168 cm³/mol. The highest BCUT2D eigenvalue weighted by molar-refractivity contribution is 8.00. The number of hydrogen-bond acceptors (Lipinski definition) is 7. The molecule has 0 radical (unpaired) electrons. The molecule has 5 heterocycles. The minimum atomic E-state index is 0.0383. The molecule has 0 spiro atoms. The Labute approximate surface area is 245 Å². The molecule has 9 heteroatoms. The lowest BCUT2D eigenvalue weighted by molar-refractivity contribution is 0.0303. The maximum atomic E-state index is 13.1.